The average molecular weight is 335 g/mol. The summed E-state index contributed by atoms with van der Waals surface area (Å²) in [7, 11) is 0. The van der Waals surface area contributed by atoms with Crippen LogP contribution in [0.5, 0.6) is 0 Å². The molecule has 0 bridgehead atoms. The Bertz CT molecular complexity index is 815. The Labute approximate surface area is 148 Å². The van der Waals surface area contributed by atoms with Crippen LogP contribution in [0.3, 0.4) is 0 Å². The monoisotopic (exact) mass is 335 g/mol. The minimum Gasteiger partial charge on any atom is -0.371 e. The highest BCUT2D eigenvalue weighted by atomic mass is 15.1. The van der Waals surface area contributed by atoms with Gasteiger partial charge in [-0.25, -0.2) is 4.98 Å². The average Bonchev–Trinajstić information content (AvgIpc) is 3.11. The minimum absolute atomic E-state index is 0.608. The van der Waals surface area contributed by atoms with Gasteiger partial charge < -0.3 is 16.0 Å². The third-order valence-corrected chi connectivity index (χ3v) is 5.02. The smallest absolute Gasteiger partial charge is 0.100 e. The molecule has 1 saturated heterocycles. The molecule has 5 nitrogen and oxygen atoms in total. The Morgan fingerprint density at radius 3 is 2.48 bits per heavy atom. The largest absolute Gasteiger partial charge is 0.371 e. The summed E-state index contributed by atoms with van der Waals surface area (Å²) >= 11 is 0. The van der Waals surface area contributed by atoms with Crippen LogP contribution < -0.4 is 16.0 Å². The molecule has 2 aromatic carbocycles. The maximum absolute atomic E-state index is 5.57. The molecule has 5 heteroatoms. The molecule has 3 aromatic rings. The molecule has 1 aliphatic rings. The SMILES string of the molecule is NCCNC1CCN(c2ccc(-n3cnc4ccccc43)cc2)CC1. The second-order valence-electron chi connectivity index (χ2n) is 6.62. The number of piperidine rings is 1. The van der Waals surface area contributed by atoms with Crippen molar-refractivity contribution in [3.63, 3.8) is 0 Å². The maximum Gasteiger partial charge on any atom is 0.100 e. The lowest BCUT2D eigenvalue weighted by Gasteiger charge is -2.34. The van der Waals surface area contributed by atoms with E-state index in [1.807, 2.05) is 18.5 Å². The molecule has 0 amide bonds. The molecule has 1 aliphatic heterocycles. The van der Waals surface area contributed by atoms with Gasteiger partial charge in [0, 0.05) is 43.6 Å². The Morgan fingerprint density at radius 2 is 1.72 bits per heavy atom. The summed E-state index contributed by atoms with van der Waals surface area (Å²) in [6, 6.07) is 17.6. The number of rotatable bonds is 5. The van der Waals surface area contributed by atoms with Crippen molar-refractivity contribution in [3.8, 4) is 5.69 Å². The molecule has 0 unspecified atom stereocenters. The molecule has 3 N–H and O–H groups in total. The van der Waals surface area contributed by atoms with Gasteiger partial charge >= 0.3 is 0 Å². The molecule has 0 spiro atoms. The Morgan fingerprint density at radius 1 is 1.00 bits per heavy atom. The Hall–Kier alpha value is -2.37. The van der Waals surface area contributed by atoms with Crippen LogP contribution in [0, 0.1) is 0 Å². The highest BCUT2D eigenvalue weighted by molar-refractivity contribution is 5.77. The van der Waals surface area contributed by atoms with Crippen molar-refractivity contribution >= 4 is 16.7 Å². The molecule has 0 saturated carbocycles. The van der Waals surface area contributed by atoms with E-state index >= 15 is 0 Å². The summed E-state index contributed by atoms with van der Waals surface area (Å²) in [5, 5.41) is 3.53. The first-order valence-corrected chi connectivity index (χ1v) is 9.06. The van der Waals surface area contributed by atoms with E-state index < -0.39 is 0 Å². The van der Waals surface area contributed by atoms with Gasteiger partial charge in [0.1, 0.15) is 6.33 Å². The first kappa shape index (κ1) is 16.1. The number of para-hydroxylation sites is 2. The normalized spacial score (nSPS) is 15.8. The second kappa shape index (κ2) is 7.25. The Kier molecular flexibility index (Phi) is 4.68. The zero-order valence-electron chi connectivity index (χ0n) is 14.4. The van der Waals surface area contributed by atoms with Gasteiger partial charge in [-0.05, 0) is 49.2 Å². The molecule has 0 radical (unpaired) electrons. The van der Waals surface area contributed by atoms with Gasteiger partial charge in [0.25, 0.3) is 0 Å². The van der Waals surface area contributed by atoms with Crippen LogP contribution in [0.4, 0.5) is 5.69 Å². The zero-order chi connectivity index (χ0) is 17.1. The number of aromatic nitrogens is 2. The third kappa shape index (κ3) is 3.38. The van der Waals surface area contributed by atoms with E-state index in [2.05, 4.69) is 56.2 Å². The minimum atomic E-state index is 0.608. The van der Waals surface area contributed by atoms with Gasteiger partial charge in [-0.1, -0.05) is 12.1 Å². The molecule has 4 rings (SSSR count). The van der Waals surface area contributed by atoms with Gasteiger partial charge in [-0.3, -0.25) is 4.57 Å². The third-order valence-electron chi connectivity index (χ3n) is 5.02. The standard InChI is InChI=1S/C20H25N5/c21-11-12-22-16-9-13-24(14-10-16)17-5-7-18(8-6-17)25-15-23-19-3-1-2-4-20(19)25/h1-8,15-16,22H,9-14,21H2. The number of benzene rings is 2. The topological polar surface area (TPSA) is 59.1 Å². The number of hydrogen-bond acceptors (Lipinski definition) is 4. The van der Waals surface area contributed by atoms with E-state index in [4.69, 9.17) is 5.73 Å². The van der Waals surface area contributed by atoms with Crippen LogP contribution in [0.25, 0.3) is 16.7 Å². The molecule has 0 atom stereocenters. The van der Waals surface area contributed by atoms with Crippen LogP contribution in [0.1, 0.15) is 12.8 Å². The number of fused-ring (bicyclic) bond motifs is 1. The Balaban J connectivity index is 1.46. The van der Waals surface area contributed by atoms with Crippen molar-refractivity contribution in [2.24, 2.45) is 5.73 Å². The summed E-state index contributed by atoms with van der Waals surface area (Å²) in [4.78, 5) is 6.95. The molecule has 0 aliphatic carbocycles. The predicted octanol–water partition coefficient (Wildman–Crippen LogP) is 2.54. The van der Waals surface area contributed by atoms with E-state index in [-0.39, 0.29) is 0 Å². The predicted molar refractivity (Wildman–Crippen MR) is 103 cm³/mol. The van der Waals surface area contributed by atoms with E-state index in [0.717, 1.165) is 36.4 Å². The van der Waals surface area contributed by atoms with Crippen molar-refractivity contribution < 1.29 is 0 Å². The van der Waals surface area contributed by atoms with Gasteiger partial charge in [-0.2, -0.15) is 0 Å². The lowest BCUT2D eigenvalue weighted by atomic mass is 10.0. The van der Waals surface area contributed by atoms with Crippen LogP contribution in [0.2, 0.25) is 0 Å². The fourth-order valence-electron chi connectivity index (χ4n) is 3.62. The maximum atomic E-state index is 5.57. The lowest BCUT2D eigenvalue weighted by Crippen LogP contribution is -2.43. The van der Waals surface area contributed by atoms with Crippen molar-refractivity contribution in [1.29, 1.82) is 0 Å². The van der Waals surface area contributed by atoms with Gasteiger partial charge in [-0.15, -0.1) is 0 Å². The van der Waals surface area contributed by atoms with E-state index in [0.29, 0.717) is 12.6 Å². The number of nitrogens with one attached hydrogen (secondary N) is 1. The molecule has 1 fully saturated rings. The molecular weight excluding hydrogens is 310 g/mol. The van der Waals surface area contributed by atoms with Gasteiger partial charge in [0.2, 0.25) is 0 Å². The van der Waals surface area contributed by atoms with Crippen molar-refractivity contribution in [3.05, 3.63) is 54.9 Å². The van der Waals surface area contributed by atoms with Crippen LogP contribution in [-0.4, -0.2) is 41.8 Å². The summed E-state index contributed by atoms with van der Waals surface area (Å²) in [6.45, 7) is 3.81. The summed E-state index contributed by atoms with van der Waals surface area (Å²) in [5.41, 5.74) is 10.2. The summed E-state index contributed by atoms with van der Waals surface area (Å²) < 4.78 is 2.14. The van der Waals surface area contributed by atoms with E-state index in [1.54, 1.807) is 0 Å². The second-order valence-corrected chi connectivity index (χ2v) is 6.62. The first-order chi connectivity index (χ1) is 12.3. The zero-order valence-corrected chi connectivity index (χ0v) is 14.4. The fraction of sp³-hybridized carbons (Fsp3) is 0.350. The van der Waals surface area contributed by atoms with Crippen molar-refractivity contribution in [2.45, 2.75) is 18.9 Å². The molecule has 1 aromatic heterocycles. The number of imidazole rings is 1. The quantitative estimate of drug-likeness (QED) is 0.752. The summed E-state index contributed by atoms with van der Waals surface area (Å²) in [6.07, 6.45) is 4.25. The van der Waals surface area contributed by atoms with Crippen molar-refractivity contribution in [1.82, 2.24) is 14.9 Å². The van der Waals surface area contributed by atoms with Crippen LogP contribution >= 0.6 is 0 Å². The fourth-order valence-corrected chi connectivity index (χ4v) is 3.62. The highest BCUT2D eigenvalue weighted by Crippen LogP contribution is 2.23. The number of hydrogen-bond donors (Lipinski definition) is 2. The van der Waals surface area contributed by atoms with Crippen LogP contribution in [0.15, 0.2) is 54.9 Å². The van der Waals surface area contributed by atoms with Gasteiger partial charge in [0.05, 0.1) is 11.0 Å². The molecule has 2 heterocycles. The number of nitrogens with two attached hydrogens (primary N) is 1. The number of anilines is 1. The first-order valence-electron chi connectivity index (χ1n) is 9.06. The van der Waals surface area contributed by atoms with Crippen molar-refractivity contribution in [2.75, 3.05) is 31.1 Å². The van der Waals surface area contributed by atoms with Crippen LogP contribution in [-0.2, 0) is 0 Å². The van der Waals surface area contributed by atoms with E-state index in [1.165, 1.54) is 18.5 Å². The highest BCUT2D eigenvalue weighted by Gasteiger charge is 2.18. The van der Waals surface area contributed by atoms with E-state index in [9.17, 15) is 0 Å². The molecule has 25 heavy (non-hydrogen) atoms. The summed E-state index contributed by atoms with van der Waals surface area (Å²) in [5.74, 6) is 0. The lowest BCUT2D eigenvalue weighted by molar-refractivity contribution is 0.420. The number of nitrogens with zero attached hydrogens (tertiary/aromatic N) is 3. The molecule has 130 valence electrons. The van der Waals surface area contributed by atoms with Gasteiger partial charge in [0.15, 0.2) is 0 Å². The molecular formula is C20H25N5.